The summed E-state index contributed by atoms with van der Waals surface area (Å²) < 4.78 is 2.62. The minimum atomic E-state index is -1.10. The van der Waals surface area contributed by atoms with Crippen LogP contribution >= 0.6 is 11.6 Å². The molecule has 3 N–H and O–H groups in total. The van der Waals surface area contributed by atoms with E-state index in [1.54, 1.807) is 14.0 Å². The van der Waals surface area contributed by atoms with E-state index < -0.39 is 23.8 Å². The third-order valence-electron chi connectivity index (χ3n) is 3.80. The van der Waals surface area contributed by atoms with Crippen LogP contribution in [0.5, 0.6) is 0 Å². The van der Waals surface area contributed by atoms with Gasteiger partial charge in [-0.3, -0.25) is 14.3 Å². The summed E-state index contributed by atoms with van der Waals surface area (Å²) in [5.41, 5.74) is 0.909. The van der Waals surface area contributed by atoms with Gasteiger partial charge in [0.05, 0.1) is 10.7 Å². The zero-order chi connectivity index (χ0) is 19.4. The van der Waals surface area contributed by atoms with E-state index in [-0.39, 0.29) is 29.5 Å². The number of nitrogens with one attached hydrogen (secondary N) is 2. The van der Waals surface area contributed by atoms with Crippen molar-refractivity contribution in [3.05, 3.63) is 34.4 Å². The molecule has 0 radical (unpaired) electrons. The van der Waals surface area contributed by atoms with E-state index in [1.807, 2.05) is 0 Å². The number of rotatable bonds is 7. The van der Waals surface area contributed by atoms with Gasteiger partial charge >= 0.3 is 5.97 Å². The van der Waals surface area contributed by atoms with Gasteiger partial charge in [-0.25, -0.2) is 9.48 Å². The zero-order valence-electron chi connectivity index (χ0n) is 14.5. The van der Waals surface area contributed by atoms with Crippen LogP contribution in [0.4, 0.5) is 0 Å². The Labute approximate surface area is 154 Å². The topological polar surface area (TPSA) is 131 Å². The number of hydrogen-bond donors (Lipinski definition) is 3. The number of nitrogens with zero attached hydrogens (tertiary/aromatic N) is 4. The average molecular weight is 383 g/mol. The van der Waals surface area contributed by atoms with Gasteiger partial charge in [0.15, 0.2) is 5.69 Å². The van der Waals surface area contributed by atoms with Crippen molar-refractivity contribution < 1.29 is 19.5 Å². The second kappa shape index (κ2) is 8.00. The van der Waals surface area contributed by atoms with Crippen molar-refractivity contribution in [1.29, 1.82) is 0 Å². The lowest BCUT2D eigenvalue weighted by molar-refractivity contribution is -0.140. The number of aromatic nitrogens is 4. The third-order valence-corrected chi connectivity index (χ3v) is 4.25. The average Bonchev–Trinajstić information content (AvgIpc) is 3.18. The Kier molecular flexibility index (Phi) is 5.98. The van der Waals surface area contributed by atoms with Gasteiger partial charge in [0.2, 0.25) is 0 Å². The summed E-state index contributed by atoms with van der Waals surface area (Å²) in [6.45, 7) is 3.46. The number of halogens is 1. The molecule has 11 heteroatoms. The molecule has 0 aliphatic carbocycles. The molecule has 0 spiro atoms. The number of carbonyl (C=O) groups is 3. The molecule has 1 atom stereocenters. The molecule has 0 aliphatic rings. The molecule has 0 saturated heterocycles. The molecule has 140 valence electrons. The molecule has 0 bridgehead atoms. The molecule has 2 aromatic rings. The van der Waals surface area contributed by atoms with Crippen molar-refractivity contribution >= 4 is 29.4 Å². The third kappa shape index (κ3) is 4.02. The first-order chi connectivity index (χ1) is 12.2. The first kappa shape index (κ1) is 19.4. The maximum absolute atomic E-state index is 12.2. The van der Waals surface area contributed by atoms with E-state index in [9.17, 15) is 14.4 Å². The van der Waals surface area contributed by atoms with Crippen molar-refractivity contribution in [2.45, 2.75) is 19.9 Å². The quantitative estimate of drug-likeness (QED) is 0.593. The number of aryl methyl sites for hydroxylation is 1. The van der Waals surface area contributed by atoms with E-state index in [0.717, 1.165) is 4.68 Å². The Morgan fingerprint density at radius 2 is 1.88 bits per heavy atom. The Morgan fingerprint density at radius 1 is 1.27 bits per heavy atom. The summed E-state index contributed by atoms with van der Waals surface area (Å²) in [6, 6.07) is 0.448. The normalized spacial score (nSPS) is 11.8. The van der Waals surface area contributed by atoms with E-state index in [1.165, 1.54) is 23.9 Å². The Balaban J connectivity index is 1.88. The van der Waals surface area contributed by atoms with Crippen LogP contribution in [0.1, 0.15) is 39.6 Å². The van der Waals surface area contributed by atoms with Crippen LogP contribution < -0.4 is 10.6 Å². The standard InChI is InChI=1S/C15H19ClN6O4/c1-8-11(16)12(20-21(8)3)14(24)18-7-6-17-13(23)10-4-5-19-22(10)9(2)15(25)26/h4-5,9H,6-7H2,1-3H3,(H,17,23)(H,18,24)(H,25,26). The van der Waals surface area contributed by atoms with Gasteiger partial charge in [-0.1, -0.05) is 11.6 Å². The highest BCUT2D eigenvalue weighted by molar-refractivity contribution is 6.34. The highest BCUT2D eigenvalue weighted by atomic mass is 35.5. The fourth-order valence-electron chi connectivity index (χ4n) is 2.16. The predicted octanol–water partition coefficient (Wildman–Crippen LogP) is 0.384. The summed E-state index contributed by atoms with van der Waals surface area (Å²) in [5, 5.41) is 22.4. The van der Waals surface area contributed by atoms with Crippen LogP contribution in [0, 0.1) is 6.92 Å². The van der Waals surface area contributed by atoms with Crippen molar-refractivity contribution in [1.82, 2.24) is 30.2 Å². The zero-order valence-corrected chi connectivity index (χ0v) is 15.2. The van der Waals surface area contributed by atoms with Gasteiger partial charge in [-0.15, -0.1) is 0 Å². The van der Waals surface area contributed by atoms with Crippen molar-refractivity contribution in [3.63, 3.8) is 0 Å². The second-order valence-corrected chi connectivity index (χ2v) is 5.94. The minimum absolute atomic E-state index is 0.117. The van der Waals surface area contributed by atoms with Crippen LogP contribution in [0.2, 0.25) is 5.02 Å². The molecule has 2 rings (SSSR count). The van der Waals surface area contributed by atoms with Gasteiger partial charge in [0.25, 0.3) is 11.8 Å². The molecule has 0 saturated carbocycles. The van der Waals surface area contributed by atoms with Crippen LogP contribution in [0.3, 0.4) is 0 Å². The predicted molar refractivity (Wildman–Crippen MR) is 92.2 cm³/mol. The molecule has 1 unspecified atom stereocenters. The lowest BCUT2D eigenvalue weighted by atomic mass is 10.3. The fraction of sp³-hybridized carbons (Fsp3) is 0.400. The van der Waals surface area contributed by atoms with Crippen LogP contribution in [0.25, 0.3) is 0 Å². The highest BCUT2D eigenvalue weighted by Gasteiger charge is 2.21. The van der Waals surface area contributed by atoms with Crippen LogP contribution in [-0.4, -0.2) is 55.5 Å². The van der Waals surface area contributed by atoms with Crippen molar-refractivity contribution in [3.8, 4) is 0 Å². The van der Waals surface area contributed by atoms with E-state index in [4.69, 9.17) is 16.7 Å². The maximum atomic E-state index is 12.2. The van der Waals surface area contributed by atoms with Gasteiger partial charge in [0.1, 0.15) is 11.7 Å². The lowest BCUT2D eigenvalue weighted by Crippen LogP contribution is -2.36. The number of aliphatic carboxylic acids is 1. The second-order valence-electron chi connectivity index (χ2n) is 5.56. The molecule has 26 heavy (non-hydrogen) atoms. The number of amides is 2. The van der Waals surface area contributed by atoms with Crippen molar-refractivity contribution in [2.24, 2.45) is 7.05 Å². The largest absolute Gasteiger partial charge is 0.480 e. The van der Waals surface area contributed by atoms with E-state index >= 15 is 0 Å². The summed E-state index contributed by atoms with van der Waals surface area (Å²) in [6.07, 6.45) is 1.35. The molecular weight excluding hydrogens is 364 g/mol. The molecule has 2 amide bonds. The van der Waals surface area contributed by atoms with Crippen molar-refractivity contribution in [2.75, 3.05) is 13.1 Å². The van der Waals surface area contributed by atoms with E-state index in [2.05, 4.69) is 20.8 Å². The Hall–Kier alpha value is -2.88. The number of hydrogen-bond acceptors (Lipinski definition) is 5. The smallest absolute Gasteiger partial charge is 0.328 e. The molecule has 0 fully saturated rings. The van der Waals surface area contributed by atoms with Gasteiger partial charge in [0, 0.05) is 26.3 Å². The number of carboxylic acids is 1. The first-order valence-corrected chi connectivity index (χ1v) is 8.13. The number of carboxylic acid groups (broad SMARTS) is 1. The van der Waals surface area contributed by atoms with Gasteiger partial charge in [-0.05, 0) is 19.9 Å². The maximum Gasteiger partial charge on any atom is 0.328 e. The Bertz CT molecular complexity index is 843. The Morgan fingerprint density at radius 3 is 2.42 bits per heavy atom. The molecule has 2 heterocycles. The minimum Gasteiger partial charge on any atom is -0.480 e. The summed E-state index contributed by atoms with van der Waals surface area (Å²) in [7, 11) is 1.68. The fourth-order valence-corrected chi connectivity index (χ4v) is 2.41. The molecule has 10 nitrogen and oxygen atoms in total. The molecule has 0 aromatic carbocycles. The van der Waals surface area contributed by atoms with Gasteiger partial charge < -0.3 is 15.7 Å². The lowest BCUT2D eigenvalue weighted by Gasteiger charge is -2.11. The van der Waals surface area contributed by atoms with Gasteiger partial charge in [-0.2, -0.15) is 10.2 Å². The number of carbonyl (C=O) groups excluding carboxylic acids is 2. The monoisotopic (exact) mass is 382 g/mol. The SMILES string of the molecule is Cc1c(Cl)c(C(=O)NCCNC(=O)c2ccnn2C(C)C(=O)O)nn1C. The van der Waals surface area contributed by atoms with E-state index in [0.29, 0.717) is 5.69 Å². The molecular formula is C15H19ClN6O4. The molecule has 0 aliphatic heterocycles. The van der Waals surface area contributed by atoms with Crippen LogP contribution in [0.15, 0.2) is 12.3 Å². The summed E-state index contributed by atoms with van der Waals surface area (Å²) in [4.78, 5) is 35.3. The first-order valence-electron chi connectivity index (χ1n) is 7.75. The molecule has 2 aromatic heterocycles. The summed E-state index contributed by atoms with van der Waals surface area (Å²) >= 11 is 6.04. The highest BCUT2D eigenvalue weighted by Crippen LogP contribution is 2.18. The van der Waals surface area contributed by atoms with Crippen LogP contribution in [-0.2, 0) is 11.8 Å². The summed E-state index contributed by atoms with van der Waals surface area (Å²) in [5.74, 6) is -2.04.